The van der Waals surface area contributed by atoms with E-state index in [2.05, 4.69) is 19.2 Å². The molecule has 0 unspecified atom stereocenters. The van der Waals surface area contributed by atoms with Crippen LogP contribution in [0.5, 0.6) is 0 Å². The molecule has 0 radical (unpaired) electrons. The normalized spacial score (nSPS) is 11.5. The standard InChI is InChI=1S/C17H25NO3/c1-11(2)13-8-6-7-12(3)16(13)18-14(19)9-17(4,5)10-15(20)21/h6-8,11H,9-10H2,1-5H3,(H,18,19)(H,20,21). The van der Waals surface area contributed by atoms with Crippen LogP contribution in [0.1, 0.15) is 57.6 Å². The summed E-state index contributed by atoms with van der Waals surface area (Å²) in [5.41, 5.74) is 2.41. The number of hydrogen-bond acceptors (Lipinski definition) is 2. The van der Waals surface area contributed by atoms with Gasteiger partial charge in [0.05, 0.1) is 6.42 Å². The van der Waals surface area contributed by atoms with Crippen LogP contribution in [0, 0.1) is 12.3 Å². The number of aliphatic carboxylic acids is 1. The van der Waals surface area contributed by atoms with Crippen molar-refractivity contribution < 1.29 is 14.7 Å². The zero-order valence-electron chi connectivity index (χ0n) is 13.5. The summed E-state index contributed by atoms with van der Waals surface area (Å²) < 4.78 is 0. The molecule has 0 aromatic heterocycles. The Morgan fingerprint density at radius 3 is 2.38 bits per heavy atom. The van der Waals surface area contributed by atoms with E-state index in [-0.39, 0.29) is 18.7 Å². The number of carboxylic acid groups (broad SMARTS) is 1. The predicted octanol–water partition coefficient (Wildman–Crippen LogP) is 3.95. The molecular formula is C17H25NO3. The smallest absolute Gasteiger partial charge is 0.303 e. The zero-order valence-corrected chi connectivity index (χ0v) is 13.5. The molecule has 4 nitrogen and oxygen atoms in total. The van der Waals surface area contributed by atoms with E-state index in [1.165, 1.54) is 0 Å². The molecule has 1 aromatic rings. The van der Waals surface area contributed by atoms with Crippen LogP contribution in [-0.4, -0.2) is 17.0 Å². The van der Waals surface area contributed by atoms with Gasteiger partial charge < -0.3 is 10.4 Å². The Hall–Kier alpha value is -1.84. The molecule has 0 spiro atoms. The van der Waals surface area contributed by atoms with Crippen molar-refractivity contribution in [3.05, 3.63) is 29.3 Å². The van der Waals surface area contributed by atoms with Gasteiger partial charge in [0, 0.05) is 12.1 Å². The van der Waals surface area contributed by atoms with E-state index >= 15 is 0 Å². The summed E-state index contributed by atoms with van der Waals surface area (Å²) in [6, 6.07) is 5.95. The number of hydrogen-bond donors (Lipinski definition) is 2. The monoisotopic (exact) mass is 291 g/mol. The first kappa shape index (κ1) is 17.2. The number of para-hydroxylation sites is 1. The maximum absolute atomic E-state index is 12.2. The van der Waals surface area contributed by atoms with Crippen molar-refractivity contribution in [3.63, 3.8) is 0 Å². The van der Waals surface area contributed by atoms with Gasteiger partial charge in [0.2, 0.25) is 5.91 Å². The van der Waals surface area contributed by atoms with Gasteiger partial charge in [0.1, 0.15) is 0 Å². The molecule has 4 heteroatoms. The fourth-order valence-electron chi connectivity index (χ4n) is 2.43. The van der Waals surface area contributed by atoms with Crippen LogP contribution in [-0.2, 0) is 9.59 Å². The van der Waals surface area contributed by atoms with Gasteiger partial charge in [-0.1, -0.05) is 45.9 Å². The fourth-order valence-corrected chi connectivity index (χ4v) is 2.43. The van der Waals surface area contributed by atoms with Crippen LogP contribution in [0.2, 0.25) is 0 Å². The lowest BCUT2D eigenvalue weighted by atomic mass is 9.85. The van der Waals surface area contributed by atoms with Crippen LogP contribution < -0.4 is 5.32 Å². The van der Waals surface area contributed by atoms with Crippen molar-refractivity contribution in [1.82, 2.24) is 0 Å². The highest BCUT2D eigenvalue weighted by Gasteiger charge is 2.25. The van der Waals surface area contributed by atoms with E-state index in [1.807, 2.05) is 25.1 Å². The molecule has 0 aliphatic heterocycles. The van der Waals surface area contributed by atoms with Crippen molar-refractivity contribution in [3.8, 4) is 0 Å². The molecule has 1 amide bonds. The molecule has 1 aromatic carbocycles. The maximum Gasteiger partial charge on any atom is 0.303 e. The van der Waals surface area contributed by atoms with Gasteiger partial charge in [-0.25, -0.2) is 0 Å². The quantitative estimate of drug-likeness (QED) is 0.834. The summed E-state index contributed by atoms with van der Waals surface area (Å²) in [6.07, 6.45) is 0.163. The topological polar surface area (TPSA) is 66.4 Å². The number of rotatable bonds is 6. The van der Waals surface area contributed by atoms with Crippen molar-refractivity contribution in [2.24, 2.45) is 5.41 Å². The summed E-state index contributed by atoms with van der Waals surface area (Å²) in [5, 5.41) is 11.8. The molecule has 0 aliphatic carbocycles. The van der Waals surface area contributed by atoms with Gasteiger partial charge in [0.25, 0.3) is 0 Å². The molecule has 0 atom stereocenters. The Kier molecular flexibility index (Phi) is 5.53. The maximum atomic E-state index is 12.2. The third-order valence-corrected chi connectivity index (χ3v) is 3.46. The van der Waals surface area contributed by atoms with E-state index in [0.29, 0.717) is 5.92 Å². The van der Waals surface area contributed by atoms with Gasteiger partial charge >= 0.3 is 5.97 Å². The van der Waals surface area contributed by atoms with Crippen LogP contribution in [0.15, 0.2) is 18.2 Å². The molecule has 21 heavy (non-hydrogen) atoms. The van der Waals surface area contributed by atoms with Gasteiger partial charge in [-0.2, -0.15) is 0 Å². The van der Waals surface area contributed by atoms with Gasteiger partial charge in [-0.05, 0) is 29.4 Å². The Morgan fingerprint density at radius 2 is 1.86 bits per heavy atom. The van der Waals surface area contributed by atoms with Crippen LogP contribution in [0.3, 0.4) is 0 Å². The minimum Gasteiger partial charge on any atom is -0.481 e. The highest BCUT2D eigenvalue weighted by atomic mass is 16.4. The average Bonchev–Trinajstić information content (AvgIpc) is 2.28. The fraction of sp³-hybridized carbons (Fsp3) is 0.529. The summed E-state index contributed by atoms with van der Waals surface area (Å²) in [4.78, 5) is 23.1. The van der Waals surface area contributed by atoms with Crippen molar-refractivity contribution in [2.45, 2.75) is 53.4 Å². The molecule has 0 bridgehead atoms. The number of nitrogens with one attached hydrogen (secondary N) is 1. The van der Waals surface area contributed by atoms with E-state index in [9.17, 15) is 9.59 Å². The third-order valence-electron chi connectivity index (χ3n) is 3.46. The van der Waals surface area contributed by atoms with E-state index in [0.717, 1.165) is 16.8 Å². The van der Waals surface area contributed by atoms with Crippen LogP contribution in [0.25, 0.3) is 0 Å². The highest BCUT2D eigenvalue weighted by molar-refractivity contribution is 5.93. The summed E-state index contributed by atoms with van der Waals surface area (Å²) in [7, 11) is 0. The molecule has 1 rings (SSSR count). The van der Waals surface area contributed by atoms with E-state index in [1.54, 1.807) is 13.8 Å². The average molecular weight is 291 g/mol. The third kappa shape index (κ3) is 5.21. The van der Waals surface area contributed by atoms with Crippen molar-refractivity contribution >= 4 is 17.6 Å². The van der Waals surface area contributed by atoms with Crippen LogP contribution >= 0.6 is 0 Å². The second kappa shape index (κ2) is 6.74. The number of carbonyl (C=O) groups excluding carboxylic acids is 1. The second-order valence-electron chi connectivity index (χ2n) is 6.65. The number of benzene rings is 1. The number of amides is 1. The Bertz CT molecular complexity index is 533. The number of aryl methyl sites for hydroxylation is 1. The van der Waals surface area contributed by atoms with Crippen molar-refractivity contribution in [2.75, 3.05) is 5.32 Å². The lowest BCUT2D eigenvalue weighted by Gasteiger charge is -2.23. The Labute approximate surface area is 126 Å². The van der Waals surface area contributed by atoms with Gasteiger partial charge in [-0.3, -0.25) is 9.59 Å². The molecule has 116 valence electrons. The second-order valence-corrected chi connectivity index (χ2v) is 6.65. The Balaban J connectivity index is 2.87. The molecule has 0 fully saturated rings. The lowest BCUT2D eigenvalue weighted by Crippen LogP contribution is -2.25. The Morgan fingerprint density at radius 1 is 1.24 bits per heavy atom. The number of carbonyl (C=O) groups is 2. The number of carboxylic acids is 1. The summed E-state index contributed by atoms with van der Waals surface area (Å²) >= 11 is 0. The largest absolute Gasteiger partial charge is 0.481 e. The molecule has 0 aliphatic rings. The lowest BCUT2D eigenvalue weighted by molar-refractivity contribution is -0.139. The highest BCUT2D eigenvalue weighted by Crippen LogP contribution is 2.30. The first-order chi connectivity index (χ1) is 9.62. The molecular weight excluding hydrogens is 266 g/mol. The molecule has 0 saturated heterocycles. The van der Waals surface area contributed by atoms with Gasteiger partial charge in [0.15, 0.2) is 0 Å². The van der Waals surface area contributed by atoms with Crippen molar-refractivity contribution in [1.29, 1.82) is 0 Å². The van der Waals surface area contributed by atoms with E-state index in [4.69, 9.17) is 5.11 Å². The SMILES string of the molecule is Cc1cccc(C(C)C)c1NC(=O)CC(C)(C)CC(=O)O. The van der Waals surface area contributed by atoms with Crippen LogP contribution in [0.4, 0.5) is 5.69 Å². The predicted molar refractivity (Wildman–Crippen MR) is 84.5 cm³/mol. The van der Waals surface area contributed by atoms with E-state index < -0.39 is 11.4 Å². The zero-order chi connectivity index (χ0) is 16.2. The first-order valence-electron chi connectivity index (χ1n) is 7.23. The van der Waals surface area contributed by atoms with Gasteiger partial charge in [-0.15, -0.1) is 0 Å². The minimum absolute atomic E-state index is 0.0226. The molecule has 2 N–H and O–H groups in total. The molecule has 0 saturated carbocycles. The summed E-state index contributed by atoms with van der Waals surface area (Å²) in [5.74, 6) is -0.712. The summed E-state index contributed by atoms with van der Waals surface area (Å²) in [6.45, 7) is 9.71. The number of anilines is 1. The first-order valence-corrected chi connectivity index (χ1v) is 7.23. The minimum atomic E-state index is -0.883. The molecule has 0 heterocycles.